The van der Waals surface area contributed by atoms with Crippen molar-refractivity contribution >= 4 is 50.7 Å². The molecular formula is C19H15ClN4O4S. The summed E-state index contributed by atoms with van der Waals surface area (Å²) in [6.07, 6.45) is -0.0190. The second-order valence-corrected chi connectivity index (χ2v) is 7.69. The summed E-state index contributed by atoms with van der Waals surface area (Å²) in [5.74, 6) is 0.0817. The van der Waals surface area contributed by atoms with Crippen LogP contribution in [0, 0.1) is 0 Å². The fourth-order valence-electron chi connectivity index (χ4n) is 2.96. The molecule has 4 rings (SSSR count). The van der Waals surface area contributed by atoms with Crippen LogP contribution in [0.25, 0.3) is 16.0 Å². The summed E-state index contributed by atoms with van der Waals surface area (Å²) in [7, 11) is 1.61. The van der Waals surface area contributed by atoms with Crippen LogP contribution >= 0.6 is 22.9 Å². The third-order valence-electron chi connectivity index (χ3n) is 4.48. The van der Waals surface area contributed by atoms with Gasteiger partial charge in [0.2, 0.25) is 5.78 Å². The number of hydrogen-bond donors (Lipinski definition) is 0. The zero-order valence-corrected chi connectivity index (χ0v) is 16.9. The highest BCUT2D eigenvalue weighted by atomic mass is 35.5. The predicted octanol–water partition coefficient (Wildman–Crippen LogP) is 3.00. The number of carbonyl (C=O) groups excluding carboxylic acids is 2. The first-order chi connectivity index (χ1) is 14.0. The van der Waals surface area contributed by atoms with Gasteiger partial charge in [-0.2, -0.15) is 0 Å². The molecule has 3 aromatic heterocycles. The first-order valence-electron chi connectivity index (χ1n) is 8.70. The lowest BCUT2D eigenvalue weighted by Crippen LogP contribution is -2.19. The Morgan fingerprint density at radius 1 is 1.14 bits per heavy atom. The first kappa shape index (κ1) is 19.3. The average Bonchev–Trinajstić information content (AvgIpc) is 3.36. The molecule has 0 unspecified atom stereocenters. The van der Waals surface area contributed by atoms with Crippen LogP contribution in [0.5, 0.6) is 0 Å². The van der Waals surface area contributed by atoms with Crippen molar-refractivity contribution in [1.82, 2.24) is 19.2 Å². The molecule has 0 aliphatic heterocycles. The number of nitrogens with zero attached hydrogens (tertiary/aromatic N) is 4. The summed E-state index contributed by atoms with van der Waals surface area (Å²) in [6, 6.07) is 8.29. The molecule has 0 radical (unpaired) electrons. The van der Waals surface area contributed by atoms with Gasteiger partial charge in [-0.3, -0.25) is 23.4 Å². The van der Waals surface area contributed by atoms with E-state index in [4.69, 9.17) is 16.3 Å². The normalized spacial score (nSPS) is 11.2. The fraction of sp³-hybridized carbons (Fsp3) is 0.211. The van der Waals surface area contributed by atoms with Crippen molar-refractivity contribution < 1.29 is 14.3 Å². The second kappa shape index (κ2) is 7.76. The van der Waals surface area contributed by atoms with Gasteiger partial charge in [-0.05, 0) is 35.7 Å². The Bertz CT molecular complexity index is 1290. The van der Waals surface area contributed by atoms with Crippen LogP contribution in [0.3, 0.4) is 0 Å². The van der Waals surface area contributed by atoms with Gasteiger partial charge in [0.05, 0.1) is 11.9 Å². The minimum Gasteiger partial charge on any atom is -0.457 e. The highest BCUT2D eigenvalue weighted by molar-refractivity contribution is 7.17. The summed E-state index contributed by atoms with van der Waals surface area (Å²) in [4.78, 5) is 36.6. The largest absolute Gasteiger partial charge is 0.457 e. The van der Waals surface area contributed by atoms with E-state index in [1.165, 1.54) is 15.9 Å². The third kappa shape index (κ3) is 3.66. The van der Waals surface area contributed by atoms with E-state index < -0.39 is 5.97 Å². The molecule has 0 fully saturated rings. The van der Waals surface area contributed by atoms with Crippen LogP contribution in [0.1, 0.15) is 29.0 Å². The van der Waals surface area contributed by atoms with E-state index in [9.17, 15) is 14.4 Å². The number of benzene rings is 1. The predicted molar refractivity (Wildman–Crippen MR) is 108 cm³/mol. The Hall–Kier alpha value is -3.04. The number of esters is 1. The van der Waals surface area contributed by atoms with Gasteiger partial charge >= 0.3 is 5.97 Å². The number of aryl methyl sites for hydroxylation is 1. The lowest BCUT2D eigenvalue weighted by atomic mass is 10.1. The Balaban J connectivity index is 1.44. The number of aromatic nitrogens is 4. The molecule has 10 heteroatoms. The Labute approximate surface area is 173 Å². The van der Waals surface area contributed by atoms with Crippen LogP contribution in [0.2, 0.25) is 5.02 Å². The molecule has 1 aromatic carbocycles. The second-order valence-electron chi connectivity index (χ2n) is 6.34. The number of thiophene rings is 1. The third-order valence-corrected chi connectivity index (χ3v) is 5.63. The minimum atomic E-state index is -0.518. The first-order valence-corrected chi connectivity index (χ1v) is 9.96. The van der Waals surface area contributed by atoms with Crippen molar-refractivity contribution in [2.75, 3.05) is 0 Å². The van der Waals surface area contributed by atoms with Gasteiger partial charge in [0.25, 0.3) is 5.56 Å². The van der Waals surface area contributed by atoms with E-state index >= 15 is 0 Å². The molecule has 0 aliphatic rings. The minimum absolute atomic E-state index is 0.0321. The SMILES string of the molecule is Cn1c(=O)c2sccc2n2c(COC(=O)CCC(=O)c3ccc(Cl)cc3)nnc12. The van der Waals surface area contributed by atoms with E-state index in [1.807, 2.05) is 5.38 Å². The van der Waals surface area contributed by atoms with E-state index in [0.29, 0.717) is 32.4 Å². The number of rotatable bonds is 6. The van der Waals surface area contributed by atoms with E-state index in [2.05, 4.69) is 10.2 Å². The monoisotopic (exact) mass is 430 g/mol. The van der Waals surface area contributed by atoms with E-state index in [0.717, 1.165) is 0 Å². The Morgan fingerprint density at radius 3 is 2.66 bits per heavy atom. The Kier molecular flexibility index (Phi) is 5.16. The molecule has 3 heterocycles. The van der Waals surface area contributed by atoms with Crippen LogP contribution in [-0.4, -0.2) is 30.9 Å². The molecule has 0 saturated heterocycles. The zero-order valence-electron chi connectivity index (χ0n) is 15.3. The molecular weight excluding hydrogens is 416 g/mol. The number of carbonyl (C=O) groups is 2. The molecule has 8 nitrogen and oxygen atoms in total. The number of halogens is 1. The highest BCUT2D eigenvalue weighted by Crippen LogP contribution is 2.19. The summed E-state index contributed by atoms with van der Waals surface area (Å²) < 4.78 is 8.94. The van der Waals surface area contributed by atoms with E-state index in [-0.39, 0.29) is 30.8 Å². The smallest absolute Gasteiger partial charge is 0.306 e. The highest BCUT2D eigenvalue weighted by Gasteiger charge is 2.17. The summed E-state index contributed by atoms with van der Waals surface area (Å²) in [6.45, 7) is -0.113. The molecule has 0 N–H and O–H groups in total. The van der Waals surface area contributed by atoms with Crippen molar-refractivity contribution in [1.29, 1.82) is 0 Å². The average molecular weight is 431 g/mol. The van der Waals surface area contributed by atoms with Gasteiger partial charge < -0.3 is 4.74 Å². The molecule has 148 valence electrons. The number of Topliss-reactive ketones (excluding diaryl/α,β-unsaturated/α-hetero) is 1. The standard InChI is InChI=1S/C19H15ClN4O4S/c1-23-18(27)17-13(8-9-29-17)24-15(21-22-19(23)24)10-28-16(26)7-6-14(25)11-2-4-12(20)5-3-11/h2-5,8-9H,6-7,10H2,1H3. The molecule has 0 spiro atoms. The van der Waals surface area contributed by atoms with Gasteiger partial charge in [0, 0.05) is 24.1 Å². The maximum atomic E-state index is 12.3. The topological polar surface area (TPSA) is 95.6 Å². The maximum Gasteiger partial charge on any atom is 0.306 e. The summed E-state index contributed by atoms with van der Waals surface area (Å²) >= 11 is 7.13. The van der Waals surface area contributed by atoms with Crippen molar-refractivity contribution in [2.45, 2.75) is 19.4 Å². The van der Waals surface area contributed by atoms with Crippen LogP contribution < -0.4 is 5.56 Å². The molecule has 4 aromatic rings. The van der Waals surface area contributed by atoms with E-state index in [1.54, 1.807) is 41.8 Å². The number of fused-ring (bicyclic) bond motifs is 3. The molecule has 0 saturated carbocycles. The molecule has 0 amide bonds. The number of ketones is 1. The number of hydrogen-bond acceptors (Lipinski definition) is 7. The van der Waals surface area contributed by atoms with Gasteiger partial charge in [-0.15, -0.1) is 21.5 Å². The molecule has 0 bridgehead atoms. The van der Waals surface area contributed by atoms with Gasteiger partial charge in [0.15, 0.2) is 18.2 Å². The van der Waals surface area contributed by atoms with Gasteiger partial charge in [0.1, 0.15) is 4.70 Å². The van der Waals surface area contributed by atoms with Crippen molar-refractivity contribution in [3.05, 3.63) is 62.5 Å². The quantitative estimate of drug-likeness (QED) is 0.344. The lowest BCUT2D eigenvalue weighted by Gasteiger charge is -2.06. The van der Waals surface area contributed by atoms with Crippen LogP contribution in [0.15, 0.2) is 40.5 Å². The van der Waals surface area contributed by atoms with Crippen LogP contribution in [0.4, 0.5) is 0 Å². The van der Waals surface area contributed by atoms with Gasteiger partial charge in [-0.1, -0.05) is 11.6 Å². The zero-order chi connectivity index (χ0) is 20.5. The lowest BCUT2D eigenvalue weighted by molar-refractivity contribution is -0.145. The van der Waals surface area contributed by atoms with Crippen molar-refractivity contribution in [3.8, 4) is 0 Å². The van der Waals surface area contributed by atoms with Gasteiger partial charge in [-0.25, -0.2) is 0 Å². The number of ether oxygens (including phenoxy) is 1. The fourth-order valence-corrected chi connectivity index (χ4v) is 3.94. The van der Waals surface area contributed by atoms with Crippen molar-refractivity contribution in [3.63, 3.8) is 0 Å². The summed E-state index contributed by atoms with van der Waals surface area (Å²) in [5.41, 5.74) is 1.01. The Morgan fingerprint density at radius 2 is 1.90 bits per heavy atom. The summed E-state index contributed by atoms with van der Waals surface area (Å²) in [5, 5.41) is 10.4. The maximum absolute atomic E-state index is 12.3. The molecule has 0 aliphatic carbocycles. The van der Waals surface area contributed by atoms with Crippen LogP contribution in [-0.2, 0) is 23.2 Å². The molecule has 0 atom stereocenters. The molecule has 29 heavy (non-hydrogen) atoms. The van der Waals surface area contributed by atoms with Crippen molar-refractivity contribution in [2.24, 2.45) is 7.05 Å².